The number of hydrogen-bond donors (Lipinski definition) is 2. The van der Waals surface area contributed by atoms with E-state index in [0.717, 1.165) is 0 Å². The lowest BCUT2D eigenvalue weighted by molar-refractivity contribution is 0.718. The Bertz CT molecular complexity index is 137. The molecule has 0 amide bonds. The third kappa shape index (κ3) is 6.00. The van der Waals surface area contributed by atoms with Gasteiger partial charge in [-0.05, 0) is 5.22 Å². The van der Waals surface area contributed by atoms with Crippen LogP contribution in [0.3, 0.4) is 0 Å². The Labute approximate surface area is 54.7 Å². The molecule has 0 unspecified atom stereocenters. The molecule has 10 nitrogen and oxygen atoms in total. The fourth-order valence-corrected chi connectivity index (χ4v) is 0.118. The van der Waals surface area contributed by atoms with E-state index in [4.69, 9.17) is 0 Å². The second kappa shape index (κ2) is 7.00. The van der Waals surface area contributed by atoms with E-state index in [0.29, 0.717) is 0 Å². The maximum Gasteiger partial charge on any atom is 0.171 e. The molecule has 0 spiro atoms. The first-order chi connectivity index (χ1) is 4.91. The summed E-state index contributed by atoms with van der Waals surface area (Å²) < 4.78 is 0. The lowest BCUT2D eigenvalue weighted by Crippen LogP contribution is -1.74. The van der Waals surface area contributed by atoms with Crippen LogP contribution in [0.15, 0.2) is 36.6 Å². The maximum atomic E-state index is 4.54. The van der Waals surface area contributed by atoms with Crippen molar-refractivity contribution in [3.8, 4) is 0 Å². The first kappa shape index (κ1) is 8.00. The highest BCUT2D eigenvalue weighted by atomic mass is 15.7. The van der Waals surface area contributed by atoms with Crippen LogP contribution in [-0.2, 0) is 0 Å². The predicted molar refractivity (Wildman–Crippen MR) is 27.5 cm³/mol. The summed E-state index contributed by atoms with van der Waals surface area (Å²) in [5.41, 5.74) is 0. The van der Waals surface area contributed by atoms with Crippen LogP contribution in [0.1, 0.15) is 0 Å². The molecule has 0 atom stereocenters. The third-order valence-electron chi connectivity index (χ3n) is 0.303. The lowest BCUT2D eigenvalue weighted by atomic mass is 12.4. The van der Waals surface area contributed by atoms with E-state index in [-0.39, 0.29) is 0 Å². The highest BCUT2D eigenvalue weighted by Crippen LogP contribution is 1.72. The Morgan fingerprint density at radius 3 is 2.20 bits per heavy atom. The number of hydrogen-bond acceptors (Lipinski definition) is 2. The van der Waals surface area contributed by atoms with Crippen LogP contribution in [0.5, 0.6) is 0 Å². The van der Waals surface area contributed by atoms with E-state index in [9.17, 15) is 0 Å². The van der Waals surface area contributed by atoms with Crippen LogP contribution in [0, 0.1) is 0 Å². The van der Waals surface area contributed by atoms with Crippen molar-refractivity contribution >= 4 is 0 Å². The zero-order chi connectivity index (χ0) is 7.66. The molecule has 0 heterocycles. The van der Waals surface area contributed by atoms with Crippen molar-refractivity contribution in [2.24, 2.45) is 48.2 Å². The third-order valence-corrected chi connectivity index (χ3v) is 0.303. The van der Waals surface area contributed by atoms with E-state index in [1.165, 1.54) is 0 Å². The average molecular weight is 144 g/mol. The van der Waals surface area contributed by atoms with Gasteiger partial charge in [0.25, 0.3) is 0 Å². The summed E-state index contributed by atoms with van der Waals surface area (Å²) in [6, 6.07) is 0. The van der Waals surface area contributed by atoms with Gasteiger partial charge in [0, 0.05) is 5.22 Å². The molecule has 0 aliphatic heterocycles. The first-order valence-corrected chi connectivity index (χ1v) is 1.92. The van der Waals surface area contributed by atoms with Crippen LogP contribution in [-0.4, -0.2) is 0 Å². The first-order valence-electron chi connectivity index (χ1n) is 1.92. The maximum absolute atomic E-state index is 4.54. The van der Waals surface area contributed by atoms with Crippen LogP contribution in [0.4, 0.5) is 0 Å². The summed E-state index contributed by atoms with van der Waals surface area (Å²) in [6.07, 6.45) is 0. The molecule has 10 heavy (non-hydrogen) atoms. The van der Waals surface area contributed by atoms with E-state index in [2.05, 4.69) is 53.5 Å². The predicted octanol–water partition coefficient (Wildman–Crippen LogP) is -0.377. The molecule has 0 bridgehead atoms. The summed E-state index contributed by atoms with van der Waals surface area (Å²) in [5, 5.41) is 22.9. The van der Waals surface area contributed by atoms with E-state index in [1.54, 1.807) is 0 Å². The van der Waals surface area contributed by atoms with Crippen molar-refractivity contribution in [2.75, 3.05) is 0 Å². The summed E-state index contributed by atoms with van der Waals surface area (Å²) in [6.45, 7) is 0. The van der Waals surface area contributed by atoms with Gasteiger partial charge < -0.3 is 5.84 Å². The molecule has 0 aliphatic rings. The van der Waals surface area contributed by atoms with Gasteiger partial charge in [0.05, 0.1) is 5.22 Å². The van der Waals surface area contributed by atoms with Crippen molar-refractivity contribution in [1.82, 2.24) is 5.22 Å². The minimum absolute atomic E-state index is 2.74. The van der Waals surface area contributed by atoms with Gasteiger partial charge in [-0.2, -0.15) is 0 Å². The molecule has 0 rings (SSSR count). The SMILES string of the molecule is NN=NN=N[N+]=NN=NN. The fourth-order valence-electron chi connectivity index (χ4n) is 0.118. The molecule has 0 saturated heterocycles. The van der Waals surface area contributed by atoms with Gasteiger partial charge >= 0.3 is 0 Å². The minimum atomic E-state index is 2.74. The van der Waals surface area contributed by atoms with Gasteiger partial charge in [0.1, 0.15) is 0 Å². The minimum Gasteiger partial charge on any atom is -0.302 e. The Morgan fingerprint density at radius 1 is 0.900 bits per heavy atom. The highest BCUT2D eigenvalue weighted by molar-refractivity contribution is 4.03. The van der Waals surface area contributed by atoms with Crippen molar-refractivity contribution in [1.29, 1.82) is 0 Å². The standard InChI is InChI=1S/H4N10/c1-3-5-7-9-10-8-6-4-2/h(H2,1,5)(H2,2,3,6,7,10)/q+1. The largest absolute Gasteiger partial charge is 0.302 e. The number of nitrogens with zero attached hydrogens (tertiary/aromatic N) is 8. The Hall–Kier alpha value is -2.00. The second-order valence-corrected chi connectivity index (χ2v) is 0.768. The molecule has 4 N–H and O–H groups in total. The quantitative estimate of drug-likeness (QED) is 0.315. The van der Waals surface area contributed by atoms with E-state index >= 15 is 0 Å². The number of nitrogens with two attached hydrogens (primary N) is 2. The molecule has 1 radical (unpaired) electrons. The van der Waals surface area contributed by atoms with Crippen molar-refractivity contribution in [2.45, 2.75) is 0 Å². The lowest BCUT2D eigenvalue weighted by Gasteiger charge is -1.55. The highest BCUT2D eigenvalue weighted by Gasteiger charge is 1.78. The Morgan fingerprint density at radius 2 is 1.60 bits per heavy atom. The topological polar surface area (TPSA) is 153 Å². The normalized spacial score (nSPS) is 13.2. The molecular weight excluding hydrogens is 140 g/mol. The Kier molecular flexibility index (Phi) is 5.60. The fraction of sp³-hybridized carbons (Fsp3) is 0. The molecule has 53 valence electrons. The monoisotopic (exact) mass is 144 g/mol. The summed E-state index contributed by atoms with van der Waals surface area (Å²) in [7, 11) is 0. The van der Waals surface area contributed by atoms with Crippen LogP contribution >= 0.6 is 0 Å². The molecular formula is H4N10+. The van der Waals surface area contributed by atoms with Gasteiger partial charge in [0.2, 0.25) is 0 Å². The summed E-state index contributed by atoms with van der Waals surface area (Å²) in [5.74, 6) is 9.08. The molecule has 0 fully saturated rings. The molecule has 0 saturated carbocycles. The average Bonchev–Trinajstić information content (AvgIpc) is 1.97. The summed E-state index contributed by atoms with van der Waals surface area (Å²) >= 11 is 0. The molecule has 0 aromatic carbocycles. The van der Waals surface area contributed by atoms with Crippen LogP contribution in [0.25, 0.3) is 0 Å². The van der Waals surface area contributed by atoms with Gasteiger partial charge in [-0.15, -0.1) is 0 Å². The van der Waals surface area contributed by atoms with E-state index < -0.39 is 0 Å². The van der Waals surface area contributed by atoms with Crippen molar-refractivity contribution in [3.05, 3.63) is 0 Å². The molecule has 10 heteroatoms. The zero-order valence-electron chi connectivity index (χ0n) is 4.73. The van der Waals surface area contributed by atoms with Gasteiger partial charge in [-0.1, -0.05) is 0 Å². The van der Waals surface area contributed by atoms with Crippen molar-refractivity contribution in [3.63, 3.8) is 0 Å². The molecule has 0 aromatic heterocycles. The Balaban J connectivity index is 3.51. The van der Waals surface area contributed by atoms with Crippen LogP contribution < -0.4 is 16.9 Å². The van der Waals surface area contributed by atoms with Crippen molar-refractivity contribution < 1.29 is 0 Å². The van der Waals surface area contributed by atoms with E-state index in [1.807, 2.05) is 0 Å². The van der Waals surface area contributed by atoms with Gasteiger partial charge in [-0.25, -0.2) is 0 Å². The van der Waals surface area contributed by atoms with Gasteiger partial charge in [-0.3, -0.25) is 5.84 Å². The second-order valence-electron chi connectivity index (χ2n) is 0.768. The smallest absolute Gasteiger partial charge is 0.171 e. The van der Waals surface area contributed by atoms with Gasteiger partial charge in [0.15, 0.2) is 26.1 Å². The zero-order valence-corrected chi connectivity index (χ0v) is 4.73. The summed E-state index contributed by atoms with van der Waals surface area (Å²) in [4.78, 5) is 0. The number of rotatable bonds is 3. The van der Waals surface area contributed by atoms with Crippen LogP contribution in [0.2, 0.25) is 0 Å². The molecule has 0 aliphatic carbocycles. The molecule has 0 aromatic rings.